The normalized spacial score (nSPS) is 14.5. The summed E-state index contributed by atoms with van der Waals surface area (Å²) in [6.07, 6.45) is 5.47. The maximum Gasteiger partial charge on any atom is 0.278 e. The second-order valence-electron chi connectivity index (χ2n) is 5.72. The third-order valence-electron chi connectivity index (χ3n) is 3.92. The molecule has 24 heavy (non-hydrogen) atoms. The molecule has 3 rings (SSSR count). The Labute approximate surface area is 139 Å². The number of nitrogens with two attached hydrogens (primary N) is 1. The van der Waals surface area contributed by atoms with E-state index in [-0.39, 0.29) is 17.4 Å². The van der Waals surface area contributed by atoms with Gasteiger partial charge in [0.1, 0.15) is 0 Å². The van der Waals surface area contributed by atoms with Gasteiger partial charge in [-0.25, -0.2) is 9.97 Å². The summed E-state index contributed by atoms with van der Waals surface area (Å²) in [5.41, 5.74) is 7.36. The van der Waals surface area contributed by atoms with E-state index >= 15 is 0 Å². The highest BCUT2D eigenvalue weighted by molar-refractivity contribution is 6.05. The van der Waals surface area contributed by atoms with Crippen molar-refractivity contribution in [3.63, 3.8) is 0 Å². The number of carbonyl (C=O) groups excluding carboxylic acids is 2. The molecule has 1 aliphatic rings. The predicted molar refractivity (Wildman–Crippen MR) is 90.1 cm³/mol. The Kier molecular flexibility index (Phi) is 4.69. The first kappa shape index (κ1) is 15.9. The van der Waals surface area contributed by atoms with Crippen LogP contribution in [-0.2, 0) is 11.3 Å². The Hall–Kier alpha value is -2.96. The number of piperidine rings is 1. The highest BCUT2D eigenvalue weighted by Crippen LogP contribution is 2.18. The lowest BCUT2D eigenvalue weighted by Crippen LogP contribution is -2.34. The van der Waals surface area contributed by atoms with Gasteiger partial charge in [-0.2, -0.15) is 0 Å². The largest absolute Gasteiger partial charge is 0.382 e. The fourth-order valence-electron chi connectivity index (χ4n) is 2.71. The number of amides is 2. The summed E-state index contributed by atoms with van der Waals surface area (Å²) in [7, 11) is 0. The molecule has 7 nitrogen and oxygen atoms in total. The second-order valence-corrected chi connectivity index (χ2v) is 5.72. The van der Waals surface area contributed by atoms with Crippen molar-refractivity contribution in [3.05, 3.63) is 47.9 Å². The van der Waals surface area contributed by atoms with Crippen molar-refractivity contribution in [1.29, 1.82) is 0 Å². The number of nitrogens with one attached hydrogen (secondary N) is 1. The molecule has 124 valence electrons. The van der Waals surface area contributed by atoms with Gasteiger partial charge in [0.15, 0.2) is 11.5 Å². The summed E-state index contributed by atoms with van der Waals surface area (Å²) >= 11 is 0. The van der Waals surface area contributed by atoms with Crippen molar-refractivity contribution < 1.29 is 9.59 Å². The zero-order valence-corrected chi connectivity index (χ0v) is 13.2. The highest BCUT2D eigenvalue weighted by Gasteiger charge is 2.18. The lowest BCUT2D eigenvalue weighted by Gasteiger charge is -2.26. The van der Waals surface area contributed by atoms with Gasteiger partial charge in [0, 0.05) is 37.6 Å². The molecule has 2 aromatic rings. The van der Waals surface area contributed by atoms with Crippen LogP contribution in [0.25, 0.3) is 0 Å². The van der Waals surface area contributed by atoms with Crippen LogP contribution in [0.3, 0.4) is 0 Å². The number of anilines is 2. The van der Waals surface area contributed by atoms with Crippen LogP contribution >= 0.6 is 0 Å². The maximum atomic E-state index is 12.2. The van der Waals surface area contributed by atoms with Gasteiger partial charge >= 0.3 is 0 Å². The summed E-state index contributed by atoms with van der Waals surface area (Å²) in [6.45, 7) is 1.33. The Balaban J connectivity index is 1.70. The van der Waals surface area contributed by atoms with Crippen molar-refractivity contribution in [2.75, 3.05) is 17.6 Å². The van der Waals surface area contributed by atoms with Crippen LogP contribution in [0.15, 0.2) is 36.7 Å². The van der Waals surface area contributed by atoms with E-state index in [1.54, 1.807) is 6.07 Å². The number of nitrogens with zero attached hydrogens (tertiary/aromatic N) is 3. The van der Waals surface area contributed by atoms with Gasteiger partial charge < -0.3 is 16.0 Å². The van der Waals surface area contributed by atoms with Crippen LogP contribution in [0.2, 0.25) is 0 Å². The number of benzene rings is 1. The molecule has 2 amide bonds. The van der Waals surface area contributed by atoms with Crippen LogP contribution < -0.4 is 11.1 Å². The van der Waals surface area contributed by atoms with Gasteiger partial charge in [-0.1, -0.05) is 12.1 Å². The van der Waals surface area contributed by atoms with Gasteiger partial charge in [0.2, 0.25) is 5.91 Å². The molecule has 0 bridgehead atoms. The molecule has 1 aliphatic heterocycles. The average Bonchev–Trinajstić information content (AvgIpc) is 2.58. The second kappa shape index (κ2) is 7.08. The molecule has 1 aromatic carbocycles. The number of likely N-dealkylation sites (tertiary alicyclic amines) is 1. The Morgan fingerprint density at radius 2 is 2.08 bits per heavy atom. The van der Waals surface area contributed by atoms with E-state index in [0.717, 1.165) is 24.9 Å². The molecule has 0 atom stereocenters. The minimum absolute atomic E-state index is 0.0880. The molecule has 3 N–H and O–H groups in total. The third kappa shape index (κ3) is 3.68. The standard InChI is InChI=1S/C17H19N5O2/c18-16-15(19-7-8-20-16)17(24)21-13-5-3-4-12(10-13)11-22-9-2-1-6-14(22)23/h3-5,7-8,10H,1-2,6,9,11H2,(H2,18,20)(H,21,24). The smallest absolute Gasteiger partial charge is 0.278 e. The summed E-state index contributed by atoms with van der Waals surface area (Å²) in [5.74, 6) is -0.139. The number of carbonyl (C=O) groups is 2. The van der Waals surface area contributed by atoms with Crippen molar-refractivity contribution in [2.24, 2.45) is 0 Å². The van der Waals surface area contributed by atoms with Gasteiger partial charge in [-0.15, -0.1) is 0 Å². The van der Waals surface area contributed by atoms with Crippen LogP contribution in [-0.4, -0.2) is 33.2 Å². The first-order chi connectivity index (χ1) is 11.6. The molecule has 2 heterocycles. The molecule has 1 aromatic heterocycles. The summed E-state index contributed by atoms with van der Waals surface area (Å²) in [5, 5.41) is 2.76. The van der Waals surface area contributed by atoms with E-state index in [2.05, 4.69) is 15.3 Å². The van der Waals surface area contributed by atoms with Crippen LogP contribution in [0, 0.1) is 0 Å². The highest BCUT2D eigenvalue weighted by atomic mass is 16.2. The Bertz CT molecular complexity index is 762. The quantitative estimate of drug-likeness (QED) is 0.893. The molecular weight excluding hydrogens is 306 g/mol. The van der Waals surface area contributed by atoms with Gasteiger partial charge in [-0.05, 0) is 30.5 Å². The summed E-state index contributed by atoms with van der Waals surface area (Å²) in [6, 6.07) is 7.42. The molecule has 0 spiro atoms. The zero-order valence-electron chi connectivity index (χ0n) is 13.2. The van der Waals surface area contributed by atoms with Gasteiger partial charge in [0.05, 0.1) is 0 Å². The number of nitrogen functional groups attached to an aromatic ring is 1. The Morgan fingerprint density at radius 1 is 1.25 bits per heavy atom. The monoisotopic (exact) mass is 325 g/mol. The van der Waals surface area contributed by atoms with Crippen molar-refractivity contribution >= 4 is 23.3 Å². The fourth-order valence-corrected chi connectivity index (χ4v) is 2.71. The van der Waals surface area contributed by atoms with E-state index in [0.29, 0.717) is 18.7 Å². The van der Waals surface area contributed by atoms with Gasteiger partial charge in [-0.3, -0.25) is 9.59 Å². The van der Waals surface area contributed by atoms with Crippen molar-refractivity contribution in [2.45, 2.75) is 25.8 Å². The van der Waals surface area contributed by atoms with E-state index in [4.69, 9.17) is 5.73 Å². The van der Waals surface area contributed by atoms with Crippen LogP contribution in [0.1, 0.15) is 35.3 Å². The third-order valence-corrected chi connectivity index (χ3v) is 3.92. The molecule has 7 heteroatoms. The first-order valence-electron chi connectivity index (χ1n) is 7.88. The number of rotatable bonds is 4. The van der Waals surface area contributed by atoms with E-state index in [9.17, 15) is 9.59 Å². The SMILES string of the molecule is Nc1nccnc1C(=O)Nc1cccc(CN2CCCCC2=O)c1. The number of aromatic nitrogens is 2. The summed E-state index contributed by atoms with van der Waals surface area (Å²) < 4.78 is 0. The topological polar surface area (TPSA) is 101 Å². The zero-order chi connectivity index (χ0) is 16.9. The molecule has 0 unspecified atom stereocenters. The lowest BCUT2D eigenvalue weighted by atomic mass is 10.1. The van der Waals surface area contributed by atoms with Crippen molar-refractivity contribution in [3.8, 4) is 0 Å². The molecule has 1 saturated heterocycles. The summed E-state index contributed by atoms with van der Waals surface area (Å²) in [4.78, 5) is 33.8. The van der Waals surface area contributed by atoms with E-state index in [1.807, 2.05) is 23.1 Å². The first-order valence-corrected chi connectivity index (χ1v) is 7.88. The molecular formula is C17H19N5O2. The maximum absolute atomic E-state index is 12.2. The predicted octanol–water partition coefficient (Wildman–Crippen LogP) is 1.82. The number of hydrogen-bond acceptors (Lipinski definition) is 5. The number of hydrogen-bond donors (Lipinski definition) is 2. The van der Waals surface area contributed by atoms with E-state index < -0.39 is 5.91 Å². The Morgan fingerprint density at radius 3 is 2.88 bits per heavy atom. The minimum Gasteiger partial charge on any atom is -0.382 e. The molecule has 0 radical (unpaired) electrons. The van der Waals surface area contributed by atoms with Crippen LogP contribution in [0.5, 0.6) is 0 Å². The fraction of sp³-hybridized carbons (Fsp3) is 0.294. The minimum atomic E-state index is -0.410. The lowest BCUT2D eigenvalue weighted by molar-refractivity contribution is -0.133. The molecule has 0 aliphatic carbocycles. The average molecular weight is 325 g/mol. The molecule has 0 saturated carbocycles. The van der Waals surface area contributed by atoms with Crippen molar-refractivity contribution in [1.82, 2.24) is 14.9 Å². The van der Waals surface area contributed by atoms with Crippen LogP contribution in [0.4, 0.5) is 11.5 Å². The van der Waals surface area contributed by atoms with Gasteiger partial charge in [0.25, 0.3) is 5.91 Å². The van der Waals surface area contributed by atoms with E-state index in [1.165, 1.54) is 12.4 Å². The molecule has 1 fully saturated rings.